The zero-order chi connectivity index (χ0) is 11.6. The van der Waals surface area contributed by atoms with Crippen molar-refractivity contribution in [3.8, 4) is 0 Å². The molecule has 0 aromatic heterocycles. The number of hydrogen-bond donors (Lipinski definition) is 1. The van der Waals surface area contributed by atoms with E-state index in [0.29, 0.717) is 18.1 Å². The van der Waals surface area contributed by atoms with E-state index in [1.807, 2.05) is 20.8 Å². The zero-order valence-corrected chi connectivity index (χ0v) is 10.1. The van der Waals surface area contributed by atoms with Crippen molar-refractivity contribution < 1.29 is 14.7 Å². The Morgan fingerprint density at radius 2 is 2.07 bits per heavy atom. The first kappa shape index (κ1) is 12.4. The smallest absolute Gasteiger partial charge is 0.327 e. The third kappa shape index (κ3) is 3.41. The molecule has 1 amide bonds. The molecule has 1 saturated heterocycles. The van der Waals surface area contributed by atoms with Crippen molar-refractivity contribution in [2.45, 2.75) is 33.2 Å². The van der Waals surface area contributed by atoms with E-state index < -0.39 is 12.0 Å². The number of carboxylic acids is 1. The molecule has 15 heavy (non-hydrogen) atoms. The normalized spacial score (nSPS) is 21.8. The summed E-state index contributed by atoms with van der Waals surface area (Å²) >= 11 is 1.50. The Hall–Kier alpha value is -0.710. The second-order valence-electron chi connectivity index (χ2n) is 4.95. The molecule has 1 aliphatic rings. The standard InChI is InChI=1S/C10H17NO3S/c1-10(2,3)4-8(12)11-6-15-5-7(11)9(13)14/h7H,4-6H2,1-3H3,(H,13,14)/t7-/m0/s1. The first-order valence-corrected chi connectivity index (χ1v) is 6.07. The summed E-state index contributed by atoms with van der Waals surface area (Å²) in [6.07, 6.45) is 0.400. The number of aliphatic carboxylic acids is 1. The molecule has 1 rings (SSSR count). The highest BCUT2D eigenvalue weighted by atomic mass is 32.2. The lowest BCUT2D eigenvalue weighted by atomic mass is 9.91. The van der Waals surface area contributed by atoms with Gasteiger partial charge in [-0.3, -0.25) is 4.79 Å². The number of hydrogen-bond acceptors (Lipinski definition) is 3. The van der Waals surface area contributed by atoms with Gasteiger partial charge >= 0.3 is 5.97 Å². The molecule has 0 aliphatic carbocycles. The lowest BCUT2D eigenvalue weighted by Gasteiger charge is -2.25. The topological polar surface area (TPSA) is 57.6 Å². The molecule has 1 heterocycles. The van der Waals surface area contributed by atoms with E-state index >= 15 is 0 Å². The highest BCUT2D eigenvalue weighted by Crippen LogP contribution is 2.26. The molecule has 1 atom stereocenters. The first-order chi connectivity index (χ1) is 6.81. The van der Waals surface area contributed by atoms with E-state index in [9.17, 15) is 9.59 Å². The Kier molecular flexibility index (Phi) is 3.65. The maximum Gasteiger partial charge on any atom is 0.327 e. The minimum atomic E-state index is -0.901. The molecule has 1 fully saturated rings. The molecule has 0 unspecified atom stereocenters. The molecule has 0 aromatic carbocycles. The molecule has 86 valence electrons. The molecular formula is C10H17NO3S. The van der Waals surface area contributed by atoms with Crippen molar-refractivity contribution in [3.05, 3.63) is 0 Å². The maximum atomic E-state index is 11.8. The van der Waals surface area contributed by atoms with E-state index in [2.05, 4.69) is 0 Å². The lowest BCUT2D eigenvalue weighted by Crippen LogP contribution is -2.42. The van der Waals surface area contributed by atoms with Gasteiger partial charge in [-0.25, -0.2) is 4.79 Å². The van der Waals surface area contributed by atoms with E-state index in [1.54, 1.807) is 0 Å². The van der Waals surface area contributed by atoms with Crippen molar-refractivity contribution in [1.82, 2.24) is 4.90 Å². The molecule has 0 radical (unpaired) electrons. The minimum Gasteiger partial charge on any atom is -0.480 e. The quantitative estimate of drug-likeness (QED) is 0.780. The van der Waals surface area contributed by atoms with E-state index in [4.69, 9.17) is 5.11 Å². The lowest BCUT2D eigenvalue weighted by molar-refractivity contribution is -0.148. The second kappa shape index (κ2) is 4.43. The van der Waals surface area contributed by atoms with Gasteiger partial charge in [0.25, 0.3) is 0 Å². The summed E-state index contributed by atoms with van der Waals surface area (Å²) in [4.78, 5) is 24.2. The van der Waals surface area contributed by atoms with Crippen LogP contribution in [0, 0.1) is 5.41 Å². The Morgan fingerprint density at radius 3 is 2.53 bits per heavy atom. The molecule has 0 aromatic rings. The van der Waals surface area contributed by atoms with Gasteiger partial charge in [-0.05, 0) is 5.41 Å². The largest absolute Gasteiger partial charge is 0.480 e. The molecule has 1 N–H and O–H groups in total. The van der Waals surface area contributed by atoms with Crippen molar-refractivity contribution in [2.24, 2.45) is 5.41 Å². The van der Waals surface area contributed by atoms with Gasteiger partial charge in [-0.15, -0.1) is 11.8 Å². The summed E-state index contributed by atoms with van der Waals surface area (Å²) < 4.78 is 0. The summed E-state index contributed by atoms with van der Waals surface area (Å²) in [5, 5.41) is 8.92. The van der Waals surface area contributed by atoms with Gasteiger partial charge in [-0.2, -0.15) is 0 Å². The highest BCUT2D eigenvalue weighted by molar-refractivity contribution is 7.99. The summed E-state index contributed by atoms with van der Waals surface area (Å²) in [5.41, 5.74) is -0.0899. The van der Waals surface area contributed by atoms with Gasteiger partial charge in [-0.1, -0.05) is 20.8 Å². The van der Waals surface area contributed by atoms with Crippen LogP contribution in [0.5, 0.6) is 0 Å². The molecule has 0 bridgehead atoms. The summed E-state index contributed by atoms with van der Waals surface area (Å²) in [6.45, 7) is 5.93. The maximum absolute atomic E-state index is 11.8. The van der Waals surface area contributed by atoms with E-state index in [1.165, 1.54) is 16.7 Å². The SMILES string of the molecule is CC(C)(C)CC(=O)N1CSC[C@H]1C(=O)O. The van der Waals surface area contributed by atoms with Gasteiger partial charge in [0, 0.05) is 12.2 Å². The predicted molar refractivity (Wildman–Crippen MR) is 59.7 cm³/mol. The van der Waals surface area contributed by atoms with Gasteiger partial charge in [0.1, 0.15) is 6.04 Å². The van der Waals surface area contributed by atoms with Crippen molar-refractivity contribution in [2.75, 3.05) is 11.6 Å². The first-order valence-electron chi connectivity index (χ1n) is 4.91. The van der Waals surface area contributed by atoms with Crippen LogP contribution in [0.4, 0.5) is 0 Å². The van der Waals surface area contributed by atoms with Gasteiger partial charge in [0.15, 0.2) is 0 Å². The van der Waals surface area contributed by atoms with Crippen LogP contribution < -0.4 is 0 Å². The number of amides is 1. The molecule has 4 nitrogen and oxygen atoms in total. The summed E-state index contributed by atoms with van der Waals surface area (Å²) in [5.74, 6) is 0.0547. The van der Waals surface area contributed by atoms with Crippen LogP contribution >= 0.6 is 11.8 Å². The highest BCUT2D eigenvalue weighted by Gasteiger charge is 2.35. The van der Waals surface area contributed by atoms with Crippen LogP contribution in [0.3, 0.4) is 0 Å². The number of carboxylic acid groups (broad SMARTS) is 1. The van der Waals surface area contributed by atoms with Crippen molar-refractivity contribution in [3.63, 3.8) is 0 Å². The number of nitrogens with zero attached hydrogens (tertiary/aromatic N) is 1. The zero-order valence-electron chi connectivity index (χ0n) is 9.32. The van der Waals surface area contributed by atoms with Crippen LogP contribution in [-0.2, 0) is 9.59 Å². The summed E-state index contributed by atoms with van der Waals surface area (Å²) in [7, 11) is 0. The third-order valence-electron chi connectivity index (χ3n) is 2.17. The molecule has 5 heteroatoms. The monoisotopic (exact) mass is 231 g/mol. The average molecular weight is 231 g/mol. The van der Waals surface area contributed by atoms with E-state index in [-0.39, 0.29) is 11.3 Å². The van der Waals surface area contributed by atoms with Gasteiger partial charge < -0.3 is 10.0 Å². The Bertz CT molecular complexity index is 272. The fraction of sp³-hybridized carbons (Fsp3) is 0.800. The molecule has 1 aliphatic heterocycles. The Balaban J connectivity index is 2.63. The number of carbonyl (C=O) groups excluding carboxylic acids is 1. The van der Waals surface area contributed by atoms with Gasteiger partial charge in [0.05, 0.1) is 5.88 Å². The van der Waals surface area contributed by atoms with Crippen LogP contribution in [0.1, 0.15) is 27.2 Å². The van der Waals surface area contributed by atoms with Crippen LogP contribution in [0.25, 0.3) is 0 Å². The second-order valence-corrected chi connectivity index (χ2v) is 5.95. The Morgan fingerprint density at radius 1 is 1.47 bits per heavy atom. The number of rotatable bonds is 2. The number of carbonyl (C=O) groups is 2. The minimum absolute atomic E-state index is 0.0556. The molecular weight excluding hydrogens is 214 g/mol. The van der Waals surface area contributed by atoms with Crippen LogP contribution in [0.15, 0.2) is 0 Å². The van der Waals surface area contributed by atoms with E-state index in [0.717, 1.165) is 0 Å². The average Bonchev–Trinajstić information content (AvgIpc) is 2.47. The summed E-state index contributed by atoms with van der Waals surface area (Å²) in [6, 6.07) is -0.634. The Labute approximate surface area is 94.0 Å². The fourth-order valence-corrected chi connectivity index (χ4v) is 2.62. The van der Waals surface area contributed by atoms with Gasteiger partial charge in [0.2, 0.25) is 5.91 Å². The van der Waals surface area contributed by atoms with Crippen LogP contribution in [0.2, 0.25) is 0 Å². The molecule has 0 saturated carbocycles. The molecule has 0 spiro atoms. The van der Waals surface area contributed by atoms with Crippen molar-refractivity contribution in [1.29, 1.82) is 0 Å². The van der Waals surface area contributed by atoms with Crippen LogP contribution in [-0.4, -0.2) is 39.6 Å². The fourth-order valence-electron chi connectivity index (χ4n) is 1.45. The van der Waals surface area contributed by atoms with Crippen molar-refractivity contribution >= 4 is 23.6 Å². The predicted octanol–water partition coefficient (Wildman–Crippen LogP) is 1.41. The number of thioether (sulfide) groups is 1. The third-order valence-corrected chi connectivity index (χ3v) is 3.18.